The summed E-state index contributed by atoms with van der Waals surface area (Å²) < 4.78 is 0. The fraction of sp³-hybridized carbons (Fsp3) is 0.571. The molecule has 1 aromatic heterocycles. The quantitative estimate of drug-likeness (QED) is 0.731. The standard InChI is InChI=1S/C14H17ClN2O/c1-9-12(18)8-10-6-7-13(15)16-14(10)17(9)11-4-2-3-5-11/h6-7,9,11H,2-5,8H2,1H3/t9-/m1/s1. The van der Waals surface area contributed by atoms with Crippen molar-refractivity contribution in [2.24, 2.45) is 0 Å². The van der Waals surface area contributed by atoms with Crippen molar-refractivity contribution >= 4 is 23.2 Å². The summed E-state index contributed by atoms with van der Waals surface area (Å²) in [4.78, 5) is 18.8. The van der Waals surface area contributed by atoms with Crippen LogP contribution in [0.2, 0.25) is 5.15 Å². The molecule has 4 heteroatoms. The molecule has 3 nitrogen and oxygen atoms in total. The van der Waals surface area contributed by atoms with E-state index in [-0.39, 0.29) is 6.04 Å². The van der Waals surface area contributed by atoms with E-state index in [2.05, 4.69) is 9.88 Å². The van der Waals surface area contributed by atoms with Gasteiger partial charge in [-0.25, -0.2) is 4.98 Å². The van der Waals surface area contributed by atoms with Gasteiger partial charge in [0.2, 0.25) is 0 Å². The van der Waals surface area contributed by atoms with Crippen molar-refractivity contribution < 1.29 is 4.79 Å². The predicted octanol–water partition coefficient (Wildman–Crippen LogP) is 3.00. The number of pyridine rings is 1. The molecule has 0 N–H and O–H groups in total. The molecule has 0 radical (unpaired) electrons. The largest absolute Gasteiger partial charge is 0.344 e. The Morgan fingerprint density at radius 3 is 2.78 bits per heavy atom. The molecule has 0 saturated heterocycles. The molecule has 1 aromatic rings. The second-order valence-corrected chi connectivity index (χ2v) is 5.67. The molecule has 0 bridgehead atoms. The minimum atomic E-state index is -0.0634. The lowest BCUT2D eigenvalue weighted by Crippen LogP contribution is -2.49. The van der Waals surface area contributed by atoms with Crippen LogP contribution in [-0.4, -0.2) is 22.9 Å². The average molecular weight is 265 g/mol. The molecule has 1 atom stereocenters. The number of anilines is 1. The second kappa shape index (κ2) is 4.54. The molecular weight excluding hydrogens is 248 g/mol. The summed E-state index contributed by atoms with van der Waals surface area (Å²) in [7, 11) is 0. The summed E-state index contributed by atoms with van der Waals surface area (Å²) in [5, 5.41) is 0.512. The van der Waals surface area contributed by atoms with E-state index in [1.807, 2.05) is 13.0 Å². The van der Waals surface area contributed by atoms with Crippen molar-refractivity contribution in [1.82, 2.24) is 4.98 Å². The lowest BCUT2D eigenvalue weighted by molar-refractivity contribution is -0.119. The Kier molecular flexibility index (Phi) is 3.02. The van der Waals surface area contributed by atoms with Gasteiger partial charge in [0.25, 0.3) is 0 Å². The number of halogens is 1. The van der Waals surface area contributed by atoms with Crippen LogP contribution in [0.25, 0.3) is 0 Å². The third-order valence-electron chi connectivity index (χ3n) is 4.13. The maximum atomic E-state index is 12.1. The molecule has 18 heavy (non-hydrogen) atoms. The monoisotopic (exact) mass is 264 g/mol. The normalized spacial score (nSPS) is 24.4. The lowest BCUT2D eigenvalue weighted by atomic mass is 9.96. The minimum absolute atomic E-state index is 0.0634. The zero-order valence-electron chi connectivity index (χ0n) is 10.5. The topological polar surface area (TPSA) is 33.2 Å². The van der Waals surface area contributed by atoms with Crippen LogP contribution in [0.1, 0.15) is 38.2 Å². The van der Waals surface area contributed by atoms with Gasteiger partial charge in [0.15, 0.2) is 5.78 Å². The first-order valence-electron chi connectivity index (χ1n) is 6.63. The molecule has 1 aliphatic heterocycles. The molecular formula is C14H17ClN2O. The van der Waals surface area contributed by atoms with Crippen molar-refractivity contribution in [2.75, 3.05) is 4.90 Å². The van der Waals surface area contributed by atoms with Crippen molar-refractivity contribution in [2.45, 2.75) is 51.1 Å². The SMILES string of the molecule is C[C@@H]1C(=O)Cc2ccc(Cl)nc2N1C1CCCC1. The summed E-state index contributed by atoms with van der Waals surface area (Å²) in [6.45, 7) is 1.99. The number of hydrogen-bond acceptors (Lipinski definition) is 3. The Morgan fingerprint density at radius 2 is 2.06 bits per heavy atom. The molecule has 1 fully saturated rings. The van der Waals surface area contributed by atoms with Gasteiger partial charge < -0.3 is 4.90 Å². The van der Waals surface area contributed by atoms with E-state index >= 15 is 0 Å². The molecule has 0 aromatic carbocycles. The van der Waals surface area contributed by atoms with Gasteiger partial charge in [-0.1, -0.05) is 30.5 Å². The minimum Gasteiger partial charge on any atom is -0.344 e. The van der Waals surface area contributed by atoms with Gasteiger partial charge in [0.05, 0.1) is 6.04 Å². The third-order valence-corrected chi connectivity index (χ3v) is 4.34. The molecule has 2 heterocycles. The van der Waals surface area contributed by atoms with E-state index in [1.165, 1.54) is 12.8 Å². The summed E-state index contributed by atoms with van der Waals surface area (Å²) in [6, 6.07) is 4.10. The molecule has 0 spiro atoms. The van der Waals surface area contributed by atoms with Crippen LogP contribution in [-0.2, 0) is 11.2 Å². The Morgan fingerprint density at radius 1 is 1.33 bits per heavy atom. The fourth-order valence-corrected chi connectivity index (χ4v) is 3.30. The second-order valence-electron chi connectivity index (χ2n) is 5.28. The Labute approximate surface area is 112 Å². The number of ketones is 1. The molecule has 0 unspecified atom stereocenters. The summed E-state index contributed by atoms with van der Waals surface area (Å²) in [6.07, 6.45) is 5.30. The van der Waals surface area contributed by atoms with Gasteiger partial charge in [0.1, 0.15) is 11.0 Å². The Hall–Kier alpha value is -1.09. The highest BCUT2D eigenvalue weighted by atomic mass is 35.5. The van der Waals surface area contributed by atoms with Gasteiger partial charge in [0, 0.05) is 18.0 Å². The number of aromatic nitrogens is 1. The highest BCUT2D eigenvalue weighted by molar-refractivity contribution is 6.29. The maximum absolute atomic E-state index is 12.1. The number of Topliss-reactive ketones (excluding diaryl/α,β-unsaturated/α-hetero) is 1. The Balaban J connectivity index is 2.05. The number of hydrogen-bond donors (Lipinski definition) is 0. The van der Waals surface area contributed by atoms with Gasteiger partial charge in [-0.15, -0.1) is 0 Å². The fourth-order valence-electron chi connectivity index (χ4n) is 3.16. The maximum Gasteiger partial charge on any atom is 0.159 e. The number of rotatable bonds is 1. The van der Waals surface area contributed by atoms with Crippen LogP contribution in [0.15, 0.2) is 12.1 Å². The summed E-state index contributed by atoms with van der Waals surface area (Å²) >= 11 is 6.01. The molecule has 2 aliphatic rings. The predicted molar refractivity (Wildman–Crippen MR) is 72.2 cm³/mol. The number of fused-ring (bicyclic) bond motifs is 1. The molecule has 3 rings (SSSR count). The van der Waals surface area contributed by atoms with Crippen LogP contribution in [0, 0.1) is 0 Å². The molecule has 1 aliphatic carbocycles. The van der Waals surface area contributed by atoms with Crippen LogP contribution in [0.4, 0.5) is 5.82 Å². The van der Waals surface area contributed by atoms with E-state index in [0.717, 1.165) is 24.2 Å². The average Bonchev–Trinajstić information content (AvgIpc) is 2.85. The van der Waals surface area contributed by atoms with Crippen LogP contribution in [0.5, 0.6) is 0 Å². The third kappa shape index (κ3) is 1.91. The number of carbonyl (C=O) groups is 1. The summed E-state index contributed by atoms with van der Waals surface area (Å²) in [5.41, 5.74) is 1.02. The number of nitrogens with zero attached hydrogens (tertiary/aromatic N) is 2. The van der Waals surface area contributed by atoms with Crippen LogP contribution in [0.3, 0.4) is 0 Å². The van der Waals surface area contributed by atoms with Gasteiger partial charge >= 0.3 is 0 Å². The zero-order valence-corrected chi connectivity index (χ0v) is 11.3. The van der Waals surface area contributed by atoms with Gasteiger partial charge in [-0.2, -0.15) is 0 Å². The van der Waals surface area contributed by atoms with Gasteiger partial charge in [-0.05, 0) is 25.8 Å². The summed E-state index contributed by atoms with van der Waals surface area (Å²) in [5.74, 6) is 1.22. The smallest absolute Gasteiger partial charge is 0.159 e. The first-order valence-corrected chi connectivity index (χ1v) is 7.01. The molecule has 96 valence electrons. The van der Waals surface area contributed by atoms with Crippen molar-refractivity contribution in [3.63, 3.8) is 0 Å². The number of carbonyl (C=O) groups excluding carboxylic acids is 1. The van der Waals surface area contributed by atoms with E-state index < -0.39 is 0 Å². The lowest BCUT2D eigenvalue weighted by Gasteiger charge is -2.39. The highest BCUT2D eigenvalue weighted by Gasteiger charge is 2.36. The van der Waals surface area contributed by atoms with E-state index in [4.69, 9.17) is 11.6 Å². The molecule has 0 amide bonds. The highest BCUT2D eigenvalue weighted by Crippen LogP contribution is 2.35. The van der Waals surface area contributed by atoms with E-state index in [1.54, 1.807) is 6.07 Å². The van der Waals surface area contributed by atoms with E-state index in [0.29, 0.717) is 23.4 Å². The first kappa shape index (κ1) is 12.0. The first-order chi connectivity index (χ1) is 8.66. The van der Waals surface area contributed by atoms with Gasteiger partial charge in [-0.3, -0.25) is 4.79 Å². The molecule has 1 saturated carbocycles. The van der Waals surface area contributed by atoms with Crippen molar-refractivity contribution in [3.8, 4) is 0 Å². The Bertz CT molecular complexity index is 483. The van der Waals surface area contributed by atoms with Crippen molar-refractivity contribution in [3.05, 3.63) is 22.8 Å². The zero-order chi connectivity index (χ0) is 12.7. The van der Waals surface area contributed by atoms with Crippen LogP contribution < -0.4 is 4.90 Å². The van der Waals surface area contributed by atoms with Crippen LogP contribution >= 0.6 is 11.6 Å². The van der Waals surface area contributed by atoms with Crippen molar-refractivity contribution in [1.29, 1.82) is 0 Å². The van der Waals surface area contributed by atoms with E-state index in [9.17, 15) is 4.79 Å².